The maximum atomic E-state index is 12.1. The zero-order chi connectivity index (χ0) is 22.4. The van der Waals surface area contributed by atoms with Gasteiger partial charge in [-0.2, -0.15) is 0 Å². The van der Waals surface area contributed by atoms with Crippen LogP contribution in [-0.4, -0.2) is 51.0 Å². The highest BCUT2D eigenvalue weighted by Crippen LogP contribution is 2.27. The van der Waals surface area contributed by atoms with Crippen LogP contribution >= 0.6 is 45.2 Å². The molecule has 1 atom stereocenters. The van der Waals surface area contributed by atoms with E-state index in [-0.39, 0.29) is 44.3 Å². The van der Waals surface area contributed by atoms with Crippen molar-refractivity contribution in [3.63, 3.8) is 0 Å². The second-order valence-corrected chi connectivity index (χ2v) is 8.79. The Morgan fingerprint density at radius 3 is 2.20 bits per heavy atom. The number of carbonyl (C=O) groups excluding carboxylic acids is 4. The second kappa shape index (κ2) is 10.9. The van der Waals surface area contributed by atoms with Gasteiger partial charge in [0.05, 0.1) is 7.14 Å². The van der Waals surface area contributed by atoms with Crippen molar-refractivity contribution in [2.75, 3.05) is 0 Å². The summed E-state index contributed by atoms with van der Waals surface area (Å²) < 4.78 is 1.14. The number of aromatic hydroxyl groups is 1. The third kappa shape index (κ3) is 6.78. The number of rotatable bonds is 9. The van der Waals surface area contributed by atoms with Crippen LogP contribution in [0.15, 0.2) is 12.1 Å². The summed E-state index contributed by atoms with van der Waals surface area (Å²) in [5.74, 6) is -3.67. The monoisotopic (exact) mass is 644 g/mol. The molecule has 0 aliphatic carbocycles. The Labute approximate surface area is 198 Å². The largest absolute Gasteiger partial charge is 0.506 e. The Kier molecular flexibility index (Phi) is 8.81. The lowest BCUT2D eigenvalue weighted by Crippen LogP contribution is -2.42. The molecule has 1 aliphatic heterocycles. The highest BCUT2D eigenvalue weighted by molar-refractivity contribution is 14.1. The van der Waals surface area contributed by atoms with E-state index in [0.29, 0.717) is 17.8 Å². The molecule has 162 valence electrons. The number of nitrogens with zero attached hydrogens (tertiary/aromatic N) is 1. The molecule has 12 heteroatoms. The Balaban J connectivity index is 1.82. The maximum Gasteiger partial charge on any atom is 0.333 e. The molecular formula is C18H18I2N2O8. The first kappa shape index (κ1) is 24.3. The number of imide groups is 1. The zero-order valence-corrected chi connectivity index (χ0v) is 19.8. The number of aliphatic carboxylic acids is 1. The fraction of sp³-hybridized carbons (Fsp3) is 0.389. The average molecular weight is 644 g/mol. The molecule has 3 N–H and O–H groups in total. The van der Waals surface area contributed by atoms with E-state index in [9.17, 15) is 34.2 Å². The van der Waals surface area contributed by atoms with E-state index < -0.39 is 35.7 Å². The fourth-order valence-electron chi connectivity index (χ4n) is 2.64. The van der Waals surface area contributed by atoms with Gasteiger partial charge in [-0.15, -0.1) is 5.06 Å². The minimum atomic E-state index is -1.22. The van der Waals surface area contributed by atoms with Gasteiger partial charge in [0.25, 0.3) is 11.8 Å². The Morgan fingerprint density at radius 2 is 1.67 bits per heavy atom. The van der Waals surface area contributed by atoms with Gasteiger partial charge in [0.2, 0.25) is 5.91 Å². The van der Waals surface area contributed by atoms with Crippen molar-refractivity contribution >= 4 is 74.8 Å². The normalized spacial score (nSPS) is 14.5. The summed E-state index contributed by atoms with van der Waals surface area (Å²) in [6, 6.07) is 2.09. The standard InChI is InChI=1S/C18H18I2N2O8/c19-10-6-9(7-11(20)17(10)27)8-12(18(28)29)21-13(23)2-1-3-16(26)30-22-14(24)4-5-15(22)25/h6-7,12,27H,1-5,8H2,(H,21,23)(H,28,29)/t12-/m0/s1. The van der Waals surface area contributed by atoms with Crippen molar-refractivity contribution in [1.29, 1.82) is 0 Å². The molecular weight excluding hydrogens is 626 g/mol. The molecule has 0 radical (unpaired) electrons. The van der Waals surface area contributed by atoms with Crippen LogP contribution in [0.4, 0.5) is 0 Å². The molecule has 0 bridgehead atoms. The second-order valence-electron chi connectivity index (χ2n) is 6.47. The Bertz CT molecular complexity index is 850. The van der Waals surface area contributed by atoms with Gasteiger partial charge in [0.15, 0.2) is 0 Å². The minimum Gasteiger partial charge on any atom is -0.506 e. The molecule has 0 unspecified atom stereocenters. The predicted octanol–water partition coefficient (Wildman–Crippen LogP) is 1.49. The SMILES string of the molecule is O=C(CCCC(=O)ON1C(=O)CCC1=O)N[C@@H](Cc1cc(I)c(O)c(I)c1)C(=O)O. The van der Waals surface area contributed by atoms with Gasteiger partial charge < -0.3 is 20.4 Å². The quantitative estimate of drug-likeness (QED) is 0.271. The van der Waals surface area contributed by atoms with Crippen LogP contribution in [0, 0.1) is 7.14 Å². The first-order chi connectivity index (χ1) is 14.1. The van der Waals surface area contributed by atoms with Gasteiger partial charge in [-0.3, -0.25) is 14.4 Å². The third-order valence-electron chi connectivity index (χ3n) is 4.13. The van der Waals surface area contributed by atoms with E-state index in [2.05, 4.69) is 5.32 Å². The van der Waals surface area contributed by atoms with Crippen LogP contribution < -0.4 is 5.32 Å². The van der Waals surface area contributed by atoms with E-state index in [1.165, 1.54) is 0 Å². The van der Waals surface area contributed by atoms with E-state index in [1.54, 1.807) is 12.1 Å². The number of benzene rings is 1. The first-order valence-electron chi connectivity index (χ1n) is 8.84. The maximum absolute atomic E-state index is 12.1. The number of halogens is 2. The molecule has 1 heterocycles. The van der Waals surface area contributed by atoms with Gasteiger partial charge in [-0.1, -0.05) is 0 Å². The van der Waals surface area contributed by atoms with E-state index >= 15 is 0 Å². The van der Waals surface area contributed by atoms with Gasteiger partial charge in [-0.05, 0) is 69.3 Å². The van der Waals surface area contributed by atoms with Crippen LogP contribution in [-0.2, 0) is 35.2 Å². The van der Waals surface area contributed by atoms with Crippen molar-refractivity contribution in [3.05, 3.63) is 24.8 Å². The first-order valence-corrected chi connectivity index (χ1v) is 11.0. The van der Waals surface area contributed by atoms with E-state index in [1.807, 2.05) is 45.2 Å². The van der Waals surface area contributed by atoms with E-state index in [4.69, 9.17) is 4.84 Å². The highest BCUT2D eigenvalue weighted by atomic mass is 127. The van der Waals surface area contributed by atoms with Crippen molar-refractivity contribution in [1.82, 2.24) is 10.4 Å². The Hall–Kier alpha value is -1.97. The zero-order valence-electron chi connectivity index (χ0n) is 15.5. The van der Waals surface area contributed by atoms with Gasteiger partial charge >= 0.3 is 11.9 Å². The highest BCUT2D eigenvalue weighted by Gasteiger charge is 2.32. The number of carbonyl (C=O) groups is 5. The molecule has 3 amide bonds. The number of nitrogens with one attached hydrogen (secondary N) is 1. The molecule has 0 aromatic heterocycles. The molecule has 1 fully saturated rings. The smallest absolute Gasteiger partial charge is 0.333 e. The van der Waals surface area contributed by atoms with Crippen LogP contribution in [0.25, 0.3) is 0 Å². The number of phenolic OH excluding ortho intramolecular Hbond substituents is 1. The topological polar surface area (TPSA) is 150 Å². The number of hydrogen-bond acceptors (Lipinski definition) is 7. The van der Waals surface area contributed by atoms with Crippen LogP contribution in [0.5, 0.6) is 5.75 Å². The molecule has 30 heavy (non-hydrogen) atoms. The summed E-state index contributed by atoms with van der Waals surface area (Å²) in [5, 5.41) is 22.0. The predicted molar refractivity (Wildman–Crippen MR) is 118 cm³/mol. The molecule has 1 aromatic rings. The summed E-state index contributed by atoms with van der Waals surface area (Å²) >= 11 is 3.86. The number of carboxylic acid groups (broad SMARTS) is 1. The minimum absolute atomic E-state index is 0.00969. The molecule has 2 rings (SSSR count). The third-order valence-corrected chi connectivity index (χ3v) is 5.78. The molecule has 1 aliphatic rings. The van der Waals surface area contributed by atoms with E-state index in [0.717, 1.165) is 0 Å². The number of phenols is 1. The summed E-state index contributed by atoms with van der Waals surface area (Å²) in [6.45, 7) is 0. The lowest BCUT2D eigenvalue weighted by Gasteiger charge is -2.16. The van der Waals surface area contributed by atoms with Crippen LogP contribution in [0.2, 0.25) is 0 Å². The summed E-state index contributed by atoms with van der Waals surface area (Å²) in [6.07, 6.45) is -0.284. The van der Waals surface area contributed by atoms with Crippen LogP contribution in [0.3, 0.4) is 0 Å². The summed E-state index contributed by atoms with van der Waals surface area (Å²) in [4.78, 5) is 62.8. The number of hydroxylamine groups is 2. The van der Waals surface area contributed by atoms with Crippen molar-refractivity contribution < 1.29 is 39.0 Å². The molecule has 1 aromatic carbocycles. The van der Waals surface area contributed by atoms with Gasteiger partial charge in [0.1, 0.15) is 11.8 Å². The van der Waals surface area contributed by atoms with Gasteiger partial charge in [0, 0.05) is 32.1 Å². The van der Waals surface area contributed by atoms with Crippen molar-refractivity contribution in [3.8, 4) is 5.75 Å². The fourth-order valence-corrected chi connectivity index (χ4v) is 4.53. The lowest BCUT2D eigenvalue weighted by molar-refractivity contribution is -0.197. The average Bonchev–Trinajstić information content (AvgIpc) is 2.97. The summed E-state index contributed by atoms with van der Waals surface area (Å²) in [5.41, 5.74) is 0.637. The number of amides is 3. The molecule has 10 nitrogen and oxygen atoms in total. The molecule has 0 spiro atoms. The Morgan fingerprint density at radius 1 is 1.10 bits per heavy atom. The van der Waals surface area contributed by atoms with Crippen molar-refractivity contribution in [2.45, 2.75) is 44.6 Å². The molecule has 0 saturated carbocycles. The lowest BCUT2D eigenvalue weighted by atomic mass is 10.1. The number of hydrogen-bond donors (Lipinski definition) is 3. The number of carboxylic acids is 1. The van der Waals surface area contributed by atoms with Gasteiger partial charge in [-0.25, -0.2) is 9.59 Å². The van der Waals surface area contributed by atoms with Crippen LogP contribution in [0.1, 0.15) is 37.7 Å². The molecule has 1 saturated heterocycles. The summed E-state index contributed by atoms with van der Waals surface area (Å²) in [7, 11) is 0. The van der Waals surface area contributed by atoms with Crippen molar-refractivity contribution in [2.24, 2.45) is 0 Å².